The molecule has 0 amide bonds. The fraction of sp³-hybridized carbons (Fsp3) is 0.724. The third-order valence-electron chi connectivity index (χ3n) is 5.17. The van der Waals surface area contributed by atoms with Crippen LogP contribution < -0.4 is 18.5 Å². The van der Waals surface area contributed by atoms with E-state index in [2.05, 4.69) is 144 Å². The smallest absolute Gasteiger partial charge is 0.542 e. The summed E-state index contributed by atoms with van der Waals surface area (Å²) in [5.41, 5.74) is 0.907. The summed E-state index contributed by atoms with van der Waals surface area (Å²) >= 11 is 0. The van der Waals surface area contributed by atoms with Gasteiger partial charge in [0.2, 0.25) is 8.32 Å². The minimum atomic E-state index is -3.90. The van der Waals surface area contributed by atoms with Crippen molar-refractivity contribution in [2.24, 2.45) is 0 Å². The van der Waals surface area contributed by atoms with Crippen molar-refractivity contribution in [2.75, 3.05) is 0 Å². The van der Waals surface area contributed by atoms with Crippen molar-refractivity contribution >= 4 is 97.8 Å². The highest BCUT2D eigenvalue weighted by Gasteiger charge is 2.59. The van der Waals surface area contributed by atoms with Gasteiger partial charge in [-0.15, -0.1) is 0 Å². The summed E-state index contributed by atoms with van der Waals surface area (Å²) < 4.78 is 63.4. The highest BCUT2D eigenvalue weighted by molar-refractivity contribution is 6.89. The van der Waals surface area contributed by atoms with E-state index in [1.54, 1.807) is 0 Å². The van der Waals surface area contributed by atoms with Crippen molar-refractivity contribution in [2.45, 2.75) is 137 Å². The molecule has 0 bridgehead atoms. The minimum Gasteiger partial charge on any atom is -0.542 e. The Morgan fingerprint density at radius 3 is 0.938 bits per heavy atom. The summed E-state index contributed by atoms with van der Waals surface area (Å²) in [6.45, 7) is 49.1. The van der Waals surface area contributed by atoms with Gasteiger partial charge in [-0.1, -0.05) is 12.7 Å². The van der Waals surface area contributed by atoms with E-state index in [9.17, 15) is 0 Å². The van der Waals surface area contributed by atoms with E-state index in [4.69, 9.17) is 38.0 Å². The standard InChI is InChI=1S/C29H70O9Si10/c1-23-25-24-26(30-40(2,3)4)27(31-47(33-41(5,6)7,34-42(8,9)10)35-43(11,12)13)28(29(25)39)32-48(36-44(14,15)16,37-45(17,18)19)38-46(20,21)22/h23-24H,1H2,2-22,39H3. The first-order chi connectivity index (χ1) is 20.9. The SMILES string of the molecule is C=Cc1cc(O[Si](C)(C)C)c(O[Si](O[Si](C)(C)C)(O[Si](C)(C)C)O[Si](C)(C)C)c(O[Si](O[Si](C)(C)C)(O[Si](C)(C)C)O[Si](C)(C)C)c1[SiH3]. The predicted octanol–water partition coefficient (Wildman–Crippen LogP) is 8.27. The first kappa shape index (κ1) is 46.3. The summed E-state index contributed by atoms with van der Waals surface area (Å²) in [6, 6.07) is 2.01. The molecule has 0 saturated heterocycles. The number of hydrogen-bond donors (Lipinski definition) is 0. The summed E-state index contributed by atoms with van der Waals surface area (Å²) in [5.74, 6) is 1.44. The van der Waals surface area contributed by atoms with Crippen LogP contribution in [0.2, 0.25) is 137 Å². The van der Waals surface area contributed by atoms with Crippen molar-refractivity contribution in [3.63, 3.8) is 0 Å². The van der Waals surface area contributed by atoms with Crippen molar-refractivity contribution in [3.8, 4) is 17.2 Å². The second-order valence-electron chi connectivity index (χ2n) is 19.2. The monoisotopic (exact) mass is 842 g/mol. The molecule has 0 fully saturated rings. The number of hydrogen-bond acceptors (Lipinski definition) is 9. The summed E-state index contributed by atoms with van der Waals surface area (Å²) in [6.07, 6.45) is 1.85. The molecule has 1 aromatic rings. The molecule has 0 radical (unpaired) electrons. The van der Waals surface area contributed by atoms with Gasteiger partial charge in [0.15, 0.2) is 61.4 Å². The molecule has 0 unspecified atom stereocenters. The Kier molecular flexibility index (Phi) is 15.2. The maximum atomic E-state index is 7.29. The van der Waals surface area contributed by atoms with E-state index in [0.29, 0.717) is 27.5 Å². The molecule has 19 heteroatoms. The van der Waals surface area contributed by atoms with Gasteiger partial charge in [-0.2, -0.15) is 0 Å². The Morgan fingerprint density at radius 2 is 0.708 bits per heavy atom. The molecule has 0 heterocycles. The Bertz CT molecular complexity index is 1170. The molecule has 48 heavy (non-hydrogen) atoms. The van der Waals surface area contributed by atoms with E-state index in [-0.39, 0.29) is 0 Å². The lowest BCUT2D eigenvalue weighted by Gasteiger charge is -2.43. The van der Waals surface area contributed by atoms with Crippen molar-refractivity contribution in [1.82, 2.24) is 0 Å². The van der Waals surface area contributed by atoms with Crippen LogP contribution in [0.1, 0.15) is 5.56 Å². The molecule has 0 saturated carbocycles. The van der Waals surface area contributed by atoms with Crippen LogP contribution in [0.3, 0.4) is 0 Å². The Hall–Kier alpha value is 0.289. The number of rotatable bonds is 19. The van der Waals surface area contributed by atoms with E-state index in [0.717, 1.165) is 10.8 Å². The lowest BCUT2D eigenvalue weighted by molar-refractivity contribution is 0.135. The van der Waals surface area contributed by atoms with Crippen molar-refractivity contribution in [1.29, 1.82) is 0 Å². The minimum absolute atomic E-state index is 0.406. The van der Waals surface area contributed by atoms with Crippen LogP contribution >= 0.6 is 0 Å². The van der Waals surface area contributed by atoms with Crippen LogP contribution in [0.15, 0.2) is 12.6 Å². The van der Waals surface area contributed by atoms with Crippen LogP contribution in [0.5, 0.6) is 17.2 Å². The maximum absolute atomic E-state index is 7.29. The van der Waals surface area contributed by atoms with E-state index in [1.165, 1.54) is 0 Å². The van der Waals surface area contributed by atoms with E-state index < -0.39 is 76.3 Å². The first-order valence-corrected chi connectivity index (χ1v) is 45.1. The van der Waals surface area contributed by atoms with E-state index >= 15 is 0 Å². The van der Waals surface area contributed by atoms with Gasteiger partial charge in [0.05, 0.1) is 0 Å². The molecule has 9 nitrogen and oxygen atoms in total. The molecule has 1 aromatic carbocycles. The van der Waals surface area contributed by atoms with Gasteiger partial charge in [-0.3, -0.25) is 0 Å². The third-order valence-corrected chi connectivity index (χ3v) is 28.6. The highest BCUT2D eigenvalue weighted by atomic mass is 28.5. The molecule has 0 aliphatic rings. The second kappa shape index (κ2) is 15.7. The van der Waals surface area contributed by atoms with Gasteiger partial charge in [-0.25, -0.2) is 0 Å². The van der Waals surface area contributed by atoms with E-state index in [1.807, 2.05) is 12.1 Å². The Labute approximate surface area is 307 Å². The van der Waals surface area contributed by atoms with Gasteiger partial charge in [-0.05, 0) is 154 Å². The summed E-state index contributed by atoms with van der Waals surface area (Å²) in [5, 5.41) is 0.939. The summed E-state index contributed by atoms with van der Waals surface area (Å²) in [7, 11) is -23.1. The zero-order valence-corrected chi connectivity index (χ0v) is 45.5. The Balaban J connectivity index is 4.51. The van der Waals surface area contributed by atoms with Crippen molar-refractivity contribution < 1.29 is 38.0 Å². The lowest BCUT2D eigenvalue weighted by atomic mass is 10.2. The van der Waals surface area contributed by atoms with Gasteiger partial charge in [0, 0.05) is 10.2 Å². The summed E-state index contributed by atoms with van der Waals surface area (Å²) in [4.78, 5) is 0. The fourth-order valence-electron chi connectivity index (χ4n) is 4.32. The van der Waals surface area contributed by atoms with Crippen molar-refractivity contribution in [3.05, 3.63) is 18.2 Å². The predicted molar refractivity (Wildman–Crippen MR) is 229 cm³/mol. The molecule has 0 aliphatic heterocycles. The second-order valence-corrected chi connectivity index (χ2v) is 57.2. The average molecular weight is 844 g/mol. The largest absolute Gasteiger partial charge is 0.717 e. The average Bonchev–Trinajstić information content (AvgIpc) is 2.69. The van der Waals surface area contributed by atoms with Crippen LogP contribution in [0.25, 0.3) is 6.08 Å². The van der Waals surface area contributed by atoms with Crippen LogP contribution in [0.4, 0.5) is 0 Å². The topological polar surface area (TPSA) is 83.1 Å². The molecule has 0 spiro atoms. The molecule has 0 N–H and O–H groups in total. The van der Waals surface area contributed by atoms with Gasteiger partial charge in [0.1, 0.15) is 5.75 Å². The Morgan fingerprint density at radius 1 is 0.438 bits per heavy atom. The zero-order valence-electron chi connectivity index (χ0n) is 34.5. The molecular formula is C29H70O9Si10. The van der Waals surface area contributed by atoms with Gasteiger partial charge < -0.3 is 38.0 Å². The van der Waals surface area contributed by atoms with Gasteiger partial charge in [0.25, 0.3) is 0 Å². The maximum Gasteiger partial charge on any atom is 0.717 e. The van der Waals surface area contributed by atoms with Crippen LogP contribution in [-0.4, -0.2) is 86.6 Å². The lowest BCUT2D eigenvalue weighted by Crippen LogP contribution is -2.65. The molecule has 1 rings (SSSR count). The molecule has 280 valence electrons. The fourth-order valence-corrected chi connectivity index (χ4v) is 29.2. The molecule has 0 atom stereocenters. The molecule has 0 aliphatic carbocycles. The molecule has 0 aromatic heterocycles. The first-order valence-electron chi connectivity index (χ1n) is 16.9. The molecular weight excluding hydrogens is 773 g/mol. The van der Waals surface area contributed by atoms with Crippen LogP contribution in [-0.2, 0) is 24.7 Å². The van der Waals surface area contributed by atoms with Crippen LogP contribution in [0, 0.1) is 0 Å². The normalized spacial score (nSPS) is 14.7. The number of benzene rings is 1. The highest BCUT2D eigenvalue weighted by Crippen LogP contribution is 2.44. The zero-order chi connectivity index (χ0) is 38.2. The van der Waals surface area contributed by atoms with Gasteiger partial charge >= 0.3 is 18.1 Å². The quantitative estimate of drug-likeness (QED) is 0.128. The third kappa shape index (κ3) is 17.7.